The zero-order chi connectivity index (χ0) is 22.5. The topological polar surface area (TPSA) is 95.6 Å². The lowest BCUT2D eigenvalue weighted by atomic mass is 10.1. The number of nitrogens with zero attached hydrogens (tertiary/aromatic N) is 1. The summed E-state index contributed by atoms with van der Waals surface area (Å²) in [4.78, 5) is 51.1. The standard InChI is InChI=1S/C25H21N3O4/c29-22(14-15-28-24(31)18-10-4-5-11-19(18)25(28)32)27-21-13-7-6-12-20(21)23(30)26-16-17-8-2-1-3-9-17/h1-13H,14-16H2,(H,26,30)(H,27,29). The van der Waals surface area contributed by atoms with Crippen molar-refractivity contribution in [2.45, 2.75) is 13.0 Å². The second-order valence-corrected chi connectivity index (χ2v) is 7.32. The first-order valence-corrected chi connectivity index (χ1v) is 10.2. The van der Waals surface area contributed by atoms with Crippen LogP contribution in [0.25, 0.3) is 0 Å². The molecule has 3 aromatic rings. The van der Waals surface area contributed by atoms with Crippen LogP contribution in [0.5, 0.6) is 0 Å². The number of amides is 4. The molecule has 0 unspecified atom stereocenters. The largest absolute Gasteiger partial charge is 0.348 e. The van der Waals surface area contributed by atoms with Gasteiger partial charge in [-0.2, -0.15) is 0 Å². The molecule has 0 fully saturated rings. The molecule has 0 radical (unpaired) electrons. The molecule has 0 atom stereocenters. The van der Waals surface area contributed by atoms with Gasteiger partial charge in [-0.1, -0.05) is 54.6 Å². The molecule has 4 rings (SSSR count). The number of carbonyl (C=O) groups excluding carboxylic acids is 4. The van der Waals surface area contributed by atoms with Crippen LogP contribution in [0.1, 0.15) is 43.1 Å². The van der Waals surface area contributed by atoms with Crippen LogP contribution in [0.2, 0.25) is 0 Å². The fourth-order valence-electron chi connectivity index (χ4n) is 3.53. The highest BCUT2D eigenvalue weighted by atomic mass is 16.2. The number of benzene rings is 3. The lowest BCUT2D eigenvalue weighted by Gasteiger charge is -2.15. The Labute approximate surface area is 185 Å². The van der Waals surface area contributed by atoms with E-state index < -0.39 is 17.7 Å². The smallest absolute Gasteiger partial charge is 0.261 e. The van der Waals surface area contributed by atoms with E-state index in [-0.39, 0.29) is 18.9 Å². The van der Waals surface area contributed by atoms with Crippen LogP contribution in [0.4, 0.5) is 5.69 Å². The molecule has 0 aromatic heterocycles. The normalized spacial score (nSPS) is 12.4. The lowest BCUT2D eigenvalue weighted by molar-refractivity contribution is -0.116. The number of carbonyl (C=O) groups is 4. The van der Waals surface area contributed by atoms with Crippen LogP contribution < -0.4 is 10.6 Å². The predicted molar refractivity (Wildman–Crippen MR) is 119 cm³/mol. The van der Waals surface area contributed by atoms with E-state index in [1.807, 2.05) is 30.3 Å². The molecular weight excluding hydrogens is 406 g/mol. The summed E-state index contributed by atoms with van der Waals surface area (Å²) in [5, 5.41) is 5.55. The van der Waals surface area contributed by atoms with Crippen molar-refractivity contribution in [3.8, 4) is 0 Å². The van der Waals surface area contributed by atoms with Gasteiger partial charge >= 0.3 is 0 Å². The molecule has 1 aliphatic heterocycles. The van der Waals surface area contributed by atoms with Crippen molar-refractivity contribution in [2.24, 2.45) is 0 Å². The van der Waals surface area contributed by atoms with Crippen molar-refractivity contribution in [1.82, 2.24) is 10.2 Å². The summed E-state index contributed by atoms with van der Waals surface area (Å²) in [5.41, 5.74) is 2.35. The van der Waals surface area contributed by atoms with Gasteiger partial charge in [0.2, 0.25) is 5.91 Å². The zero-order valence-electron chi connectivity index (χ0n) is 17.2. The molecule has 7 heteroatoms. The molecule has 32 heavy (non-hydrogen) atoms. The summed E-state index contributed by atoms with van der Waals surface area (Å²) in [5.74, 6) is -1.52. The molecule has 2 N–H and O–H groups in total. The molecule has 1 heterocycles. The minimum Gasteiger partial charge on any atom is -0.348 e. The predicted octanol–water partition coefficient (Wildman–Crippen LogP) is 3.24. The number of nitrogens with one attached hydrogen (secondary N) is 2. The van der Waals surface area contributed by atoms with Gasteiger partial charge in [-0.05, 0) is 29.8 Å². The average molecular weight is 427 g/mol. The Hall–Kier alpha value is -4.26. The fraction of sp³-hybridized carbons (Fsp3) is 0.120. The molecule has 0 saturated carbocycles. The highest BCUT2D eigenvalue weighted by molar-refractivity contribution is 6.21. The minimum atomic E-state index is -0.404. The maximum absolute atomic E-state index is 12.6. The summed E-state index contributed by atoms with van der Waals surface area (Å²) in [6.45, 7) is 0.322. The van der Waals surface area contributed by atoms with E-state index in [4.69, 9.17) is 0 Å². The van der Waals surface area contributed by atoms with Gasteiger partial charge < -0.3 is 10.6 Å². The Morgan fingerprint density at radius 3 is 2.03 bits per heavy atom. The van der Waals surface area contributed by atoms with E-state index in [0.717, 1.165) is 10.5 Å². The van der Waals surface area contributed by atoms with Crippen molar-refractivity contribution in [1.29, 1.82) is 0 Å². The quantitative estimate of drug-likeness (QED) is 0.566. The van der Waals surface area contributed by atoms with Gasteiger partial charge in [-0.25, -0.2) is 0 Å². The molecule has 7 nitrogen and oxygen atoms in total. The molecule has 0 aliphatic carbocycles. The highest BCUT2D eigenvalue weighted by Gasteiger charge is 2.35. The first-order valence-electron chi connectivity index (χ1n) is 10.2. The number of para-hydroxylation sites is 1. The van der Waals surface area contributed by atoms with E-state index >= 15 is 0 Å². The van der Waals surface area contributed by atoms with E-state index in [9.17, 15) is 19.2 Å². The van der Waals surface area contributed by atoms with Gasteiger partial charge in [0.25, 0.3) is 17.7 Å². The summed E-state index contributed by atoms with van der Waals surface area (Å²) in [6.07, 6.45) is -0.0779. The van der Waals surface area contributed by atoms with Crippen LogP contribution in [0.3, 0.4) is 0 Å². The number of rotatable bonds is 7. The summed E-state index contributed by atoms with van der Waals surface area (Å²) >= 11 is 0. The maximum atomic E-state index is 12.6. The number of hydrogen-bond acceptors (Lipinski definition) is 4. The van der Waals surface area contributed by atoms with Crippen molar-refractivity contribution < 1.29 is 19.2 Å². The first kappa shape index (κ1) is 21.0. The molecule has 0 saturated heterocycles. The Kier molecular flexibility index (Phi) is 6.07. The third-order valence-corrected chi connectivity index (χ3v) is 5.18. The van der Waals surface area contributed by atoms with Gasteiger partial charge in [-0.15, -0.1) is 0 Å². The van der Waals surface area contributed by atoms with Crippen molar-refractivity contribution in [3.63, 3.8) is 0 Å². The lowest BCUT2D eigenvalue weighted by Crippen LogP contribution is -2.33. The molecule has 0 bridgehead atoms. The maximum Gasteiger partial charge on any atom is 0.261 e. The van der Waals surface area contributed by atoms with Crippen LogP contribution in [-0.2, 0) is 11.3 Å². The Morgan fingerprint density at radius 1 is 0.750 bits per heavy atom. The molecule has 3 aromatic carbocycles. The summed E-state index contributed by atoms with van der Waals surface area (Å²) in [7, 11) is 0. The molecular formula is C25H21N3O4. The number of hydrogen-bond donors (Lipinski definition) is 2. The van der Waals surface area contributed by atoms with Crippen LogP contribution in [-0.4, -0.2) is 35.1 Å². The van der Waals surface area contributed by atoms with E-state index in [1.165, 1.54) is 0 Å². The van der Waals surface area contributed by atoms with Crippen molar-refractivity contribution in [3.05, 3.63) is 101 Å². The Bertz CT molecular complexity index is 1160. The first-order chi connectivity index (χ1) is 15.5. The number of fused-ring (bicyclic) bond motifs is 1. The molecule has 4 amide bonds. The minimum absolute atomic E-state index is 0.0411. The van der Waals surface area contributed by atoms with E-state index in [0.29, 0.717) is 28.9 Å². The van der Waals surface area contributed by atoms with Gasteiger partial charge in [0.1, 0.15) is 0 Å². The summed E-state index contributed by atoms with van der Waals surface area (Å²) < 4.78 is 0. The third kappa shape index (κ3) is 4.41. The SMILES string of the molecule is O=C(CCN1C(=O)c2ccccc2C1=O)Nc1ccccc1C(=O)NCc1ccccc1. The average Bonchev–Trinajstić information content (AvgIpc) is 3.07. The third-order valence-electron chi connectivity index (χ3n) is 5.18. The van der Waals surface area contributed by atoms with Gasteiger partial charge in [0.15, 0.2) is 0 Å². The van der Waals surface area contributed by atoms with Gasteiger partial charge in [0, 0.05) is 19.5 Å². The summed E-state index contributed by atoms with van der Waals surface area (Å²) in [6, 6.07) is 22.8. The Balaban J connectivity index is 1.36. The molecule has 0 spiro atoms. The van der Waals surface area contributed by atoms with Gasteiger partial charge in [-0.3, -0.25) is 24.1 Å². The highest BCUT2D eigenvalue weighted by Crippen LogP contribution is 2.22. The van der Waals surface area contributed by atoms with Crippen molar-refractivity contribution in [2.75, 3.05) is 11.9 Å². The van der Waals surface area contributed by atoms with Crippen LogP contribution in [0.15, 0.2) is 78.9 Å². The fourth-order valence-corrected chi connectivity index (χ4v) is 3.53. The molecule has 1 aliphatic rings. The number of imide groups is 1. The second-order valence-electron chi connectivity index (χ2n) is 7.32. The van der Waals surface area contributed by atoms with Gasteiger partial charge in [0.05, 0.1) is 22.4 Å². The second kappa shape index (κ2) is 9.26. The zero-order valence-corrected chi connectivity index (χ0v) is 17.2. The van der Waals surface area contributed by atoms with Crippen LogP contribution >= 0.6 is 0 Å². The monoisotopic (exact) mass is 427 g/mol. The number of anilines is 1. The van der Waals surface area contributed by atoms with E-state index in [2.05, 4.69) is 10.6 Å². The Morgan fingerprint density at radius 2 is 1.34 bits per heavy atom. The van der Waals surface area contributed by atoms with Crippen LogP contribution in [0, 0.1) is 0 Å². The molecule has 160 valence electrons. The van der Waals surface area contributed by atoms with Crippen molar-refractivity contribution >= 4 is 29.3 Å². The van der Waals surface area contributed by atoms with E-state index in [1.54, 1.807) is 48.5 Å².